The number of rotatable bonds is 6. The second kappa shape index (κ2) is 8.60. The number of hydrogen-bond donors (Lipinski definition) is 1. The smallest absolute Gasteiger partial charge is 0.259 e. The van der Waals surface area contributed by atoms with Crippen LogP contribution in [0.4, 0.5) is 5.69 Å². The standard InChI is InChI=1S/C22H20ClNO3/c1-15-8-10-21(26-2)19(12-15)24-22(25)18-13-17(23)9-11-20(18)27-14-16-6-4-3-5-7-16/h3-13H,14H2,1-2H3,(H,24,25). The van der Waals surface area contributed by atoms with Gasteiger partial charge in [0.05, 0.1) is 18.4 Å². The molecule has 0 spiro atoms. The van der Waals surface area contributed by atoms with Crippen LogP contribution in [0.2, 0.25) is 5.02 Å². The zero-order valence-corrected chi connectivity index (χ0v) is 15.9. The summed E-state index contributed by atoms with van der Waals surface area (Å²) in [5.74, 6) is 0.736. The molecule has 0 atom stereocenters. The molecule has 0 fully saturated rings. The topological polar surface area (TPSA) is 47.6 Å². The minimum atomic E-state index is -0.315. The van der Waals surface area contributed by atoms with E-state index < -0.39 is 0 Å². The maximum absolute atomic E-state index is 12.9. The van der Waals surface area contributed by atoms with Crippen molar-refractivity contribution >= 4 is 23.2 Å². The molecule has 3 aromatic rings. The van der Waals surface area contributed by atoms with E-state index in [0.29, 0.717) is 34.4 Å². The zero-order chi connectivity index (χ0) is 19.2. The number of ether oxygens (including phenoxy) is 2. The molecule has 0 radical (unpaired) electrons. The summed E-state index contributed by atoms with van der Waals surface area (Å²) in [5.41, 5.74) is 2.98. The molecular formula is C22H20ClNO3. The first-order chi connectivity index (χ1) is 13.1. The summed E-state index contributed by atoms with van der Waals surface area (Å²) in [5, 5.41) is 3.34. The van der Waals surface area contributed by atoms with E-state index in [1.807, 2.05) is 55.5 Å². The highest BCUT2D eigenvalue weighted by Crippen LogP contribution is 2.29. The Morgan fingerprint density at radius 2 is 1.74 bits per heavy atom. The van der Waals surface area contributed by atoms with Crippen molar-refractivity contribution in [3.8, 4) is 11.5 Å². The average Bonchev–Trinajstić information content (AvgIpc) is 2.68. The Morgan fingerprint density at radius 1 is 1.00 bits per heavy atom. The highest BCUT2D eigenvalue weighted by Gasteiger charge is 2.16. The van der Waals surface area contributed by atoms with Gasteiger partial charge < -0.3 is 14.8 Å². The second-order valence-electron chi connectivity index (χ2n) is 6.07. The van der Waals surface area contributed by atoms with Gasteiger partial charge in [-0.3, -0.25) is 4.79 Å². The van der Waals surface area contributed by atoms with Crippen LogP contribution in [-0.4, -0.2) is 13.0 Å². The first-order valence-electron chi connectivity index (χ1n) is 8.49. The Hall–Kier alpha value is -2.98. The monoisotopic (exact) mass is 381 g/mol. The fourth-order valence-corrected chi connectivity index (χ4v) is 2.82. The third-order valence-electron chi connectivity index (χ3n) is 4.03. The number of aryl methyl sites for hydroxylation is 1. The first kappa shape index (κ1) is 18.8. The molecule has 0 unspecified atom stereocenters. The fraction of sp³-hybridized carbons (Fsp3) is 0.136. The molecule has 3 aromatic carbocycles. The van der Waals surface area contributed by atoms with Crippen LogP contribution in [0, 0.1) is 6.92 Å². The molecule has 0 saturated heterocycles. The van der Waals surface area contributed by atoms with Crippen molar-refractivity contribution in [2.24, 2.45) is 0 Å². The van der Waals surface area contributed by atoms with Crippen molar-refractivity contribution in [1.82, 2.24) is 0 Å². The predicted molar refractivity (Wildman–Crippen MR) is 108 cm³/mol. The molecule has 0 aliphatic carbocycles. The molecular weight excluding hydrogens is 362 g/mol. The highest BCUT2D eigenvalue weighted by atomic mass is 35.5. The summed E-state index contributed by atoms with van der Waals surface area (Å²) in [6.07, 6.45) is 0. The number of amides is 1. The van der Waals surface area contributed by atoms with Gasteiger partial charge in [-0.05, 0) is 48.4 Å². The lowest BCUT2D eigenvalue weighted by Crippen LogP contribution is -2.14. The third kappa shape index (κ3) is 4.80. The number of benzene rings is 3. The molecule has 138 valence electrons. The molecule has 3 rings (SSSR count). The number of carbonyl (C=O) groups excluding carboxylic acids is 1. The Balaban J connectivity index is 1.83. The van der Waals surface area contributed by atoms with E-state index in [4.69, 9.17) is 21.1 Å². The van der Waals surface area contributed by atoms with Crippen molar-refractivity contribution in [2.75, 3.05) is 12.4 Å². The quantitative estimate of drug-likeness (QED) is 0.614. The number of anilines is 1. The van der Waals surface area contributed by atoms with Gasteiger partial charge in [-0.25, -0.2) is 0 Å². The van der Waals surface area contributed by atoms with Crippen LogP contribution in [0.1, 0.15) is 21.5 Å². The van der Waals surface area contributed by atoms with E-state index in [1.165, 1.54) is 0 Å². The van der Waals surface area contributed by atoms with Crippen LogP contribution >= 0.6 is 11.6 Å². The largest absolute Gasteiger partial charge is 0.495 e. The number of halogens is 1. The second-order valence-corrected chi connectivity index (χ2v) is 6.51. The normalized spacial score (nSPS) is 10.3. The Morgan fingerprint density at radius 3 is 2.48 bits per heavy atom. The summed E-state index contributed by atoms with van der Waals surface area (Å²) in [6, 6.07) is 20.3. The van der Waals surface area contributed by atoms with Gasteiger partial charge >= 0.3 is 0 Å². The van der Waals surface area contributed by atoms with Crippen molar-refractivity contribution in [3.63, 3.8) is 0 Å². The van der Waals surface area contributed by atoms with E-state index in [0.717, 1.165) is 11.1 Å². The lowest BCUT2D eigenvalue weighted by Gasteiger charge is -2.14. The van der Waals surface area contributed by atoms with E-state index in [-0.39, 0.29) is 5.91 Å². The summed E-state index contributed by atoms with van der Waals surface area (Å²) in [7, 11) is 1.56. The van der Waals surface area contributed by atoms with Crippen molar-refractivity contribution in [1.29, 1.82) is 0 Å². The summed E-state index contributed by atoms with van der Waals surface area (Å²) >= 11 is 6.10. The molecule has 27 heavy (non-hydrogen) atoms. The molecule has 0 aromatic heterocycles. The number of carbonyl (C=O) groups is 1. The minimum absolute atomic E-state index is 0.315. The molecule has 5 heteroatoms. The molecule has 0 heterocycles. The molecule has 1 N–H and O–H groups in total. The first-order valence-corrected chi connectivity index (χ1v) is 8.87. The van der Waals surface area contributed by atoms with Gasteiger partial charge in [-0.2, -0.15) is 0 Å². The van der Waals surface area contributed by atoms with Crippen LogP contribution in [0.3, 0.4) is 0 Å². The van der Waals surface area contributed by atoms with Crippen LogP contribution in [0.25, 0.3) is 0 Å². The number of nitrogens with one attached hydrogen (secondary N) is 1. The van der Waals surface area contributed by atoms with E-state index in [1.54, 1.807) is 25.3 Å². The minimum Gasteiger partial charge on any atom is -0.495 e. The lowest BCUT2D eigenvalue weighted by atomic mass is 10.1. The molecule has 0 aliphatic rings. The van der Waals surface area contributed by atoms with Crippen LogP contribution in [0.5, 0.6) is 11.5 Å². The Kier molecular flexibility index (Phi) is 5.99. The van der Waals surface area contributed by atoms with Crippen molar-refractivity contribution < 1.29 is 14.3 Å². The van der Waals surface area contributed by atoms with Crippen LogP contribution in [0.15, 0.2) is 66.7 Å². The lowest BCUT2D eigenvalue weighted by molar-refractivity contribution is 0.102. The molecule has 1 amide bonds. The summed E-state index contributed by atoms with van der Waals surface area (Å²) < 4.78 is 11.2. The van der Waals surface area contributed by atoms with E-state index in [9.17, 15) is 4.79 Å². The van der Waals surface area contributed by atoms with Gasteiger partial charge in [0.15, 0.2) is 0 Å². The molecule has 4 nitrogen and oxygen atoms in total. The van der Waals surface area contributed by atoms with Crippen molar-refractivity contribution in [3.05, 3.63) is 88.4 Å². The van der Waals surface area contributed by atoms with Gasteiger partial charge in [-0.1, -0.05) is 48.0 Å². The van der Waals surface area contributed by atoms with Crippen LogP contribution < -0.4 is 14.8 Å². The van der Waals surface area contributed by atoms with Gasteiger partial charge in [0.2, 0.25) is 0 Å². The van der Waals surface area contributed by atoms with Gasteiger partial charge in [0.1, 0.15) is 18.1 Å². The highest BCUT2D eigenvalue weighted by molar-refractivity contribution is 6.31. The Labute approximate surface area is 163 Å². The van der Waals surface area contributed by atoms with Crippen LogP contribution in [-0.2, 0) is 6.61 Å². The summed E-state index contributed by atoms with van der Waals surface area (Å²) in [4.78, 5) is 12.9. The molecule has 0 bridgehead atoms. The zero-order valence-electron chi connectivity index (χ0n) is 15.2. The van der Waals surface area contributed by atoms with Gasteiger partial charge in [-0.15, -0.1) is 0 Å². The SMILES string of the molecule is COc1ccc(C)cc1NC(=O)c1cc(Cl)ccc1OCc1ccccc1. The predicted octanol–water partition coefficient (Wildman–Crippen LogP) is 5.49. The molecule has 0 saturated carbocycles. The summed E-state index contributed by atoms with van der Waals surface area (Å²) in [6.45, 7) is 2.30. The van der Waals surface area contributed by atoms with E-state index >= 15 is 0 Å². The number of methoxy groups -OCH3 is 1. The van der Waals surface area contributed by atoms with E-state index in [2.05, 4.69) is 5.32 Å². The van der Waals surface area contributed by atoms with Gasteiger partial charge in [0, 0.05) is 5.02 Å². The third-order valence-corrected chi connectivity index (χ3v) is 4.26. The van der Waals surface area contributed by atoms with Crippen molar-refractivity contribution in [2.45, 2.75) is 13.5 Å². The maximum Gasteiger partial charge on any atom is 0.259 e. The Bertz CT molecular complexity index is 942. The molecule has 0 aliphatic heterocycles. The maximum atomic E-state index is 12.9. The van der Waals surface area contributed by atoms with Gasteiger partial charge in [0.25, 0.3) is 5.91 Å². The average molecular weight is 382 g/mol. The number of hydrogen-bond acceptors (Lipinski definition) is 3. The fourth-order valence-electron chi connectivity index (χ4n) is 2.65.